The van der Waals surface area contributed by atoms with E-state index in [2.05, 4.69) is 9.97 Å². The van der Waals surface area contributed by atoms with E-state index in [0.29, 0.717) is 23.9 Å². The molecule has 3 rings (SSSR count). The zero-order valence-electron chi connectivity index (χ0n) is 12.3. The lowest BCUT2D eigenvalue weighted by atomic mass is 10.1. The largest absolute Gasteiger partial charge is 0.462 e. The number of hydrogen-bond acceptors (Lipinski definition) is 4. The topological polar surface area (TPSA) is 52.1 Å². The molecule has 21 heavy (non-hydrogen) atoms. The lowest BCUT2D eigenvalue weighted by Gasteiger charge is -2.10. The van der Waals surface area contributed by atoms with Crippen molar-refractivity contribution in [3.05, 3.63) is 47.3 Å². The molecule has 0 atom stereocenters. The molecule has 0 saturated heterocycles. The lowest BCUT2D eigenvalue weighted by molar-refractivity contribution is 0.0524. The van der Waals surface area contributed by atoms with Gasteiger partial charge in [-0.25, -0.2) is 14.8 Å². The molecule has 0 aliphatic heterocycles. The third kappa shape index (κ3) is 2.79. The fraction of sp³-hybridized carbons (Fsp3) is 0.353. The zero-order chi connectivity index (χ0) is 14.8. The third-order valence-electron chi connectivity index (χ3n) is 3.66. The number of nitrogens with zero attached hydrogens (tertiary/aromatic N) is 2. The summed E-state index contributed by atoms with van der Waals surface area (Å²) < 4.78 is 5.10. The highest BCUT2D eigenvalue weighted by molar-refractivity contribution is 5.90. The van der Waals surface area contributed by atoms with Crippen LogP contribution in [0.4, 0.5) is 0 Å². The number of ether oxygens (including phenoxy) is 1. The summed E-state index contributed by atoms with van der Waals surface area (Å²) in [5.41, 5.74) is 3.48. The van der Waals surface area contributed by atoms with Crippen LogP contribution in [0.3, 0.4) is 0 Å². The van der Waals surface area contributed by atoms with Crippen molar-refractivity contribution in [3.63, 3.8) is 0 Å². The third-order valence-corrected chi connectivity index (χ3v) is 3.66. The number of hydrogen-bond donors (Lipinski definition) is 0. The molecule has 0 amide bonds. The van der Waals surface area contributed by atoms with Crippen LogP contribution in [0.25, 0.3) is 11.4 Å². The summed E-state index contributed by atoms with van der Waals surface area (Å²) in [4.78, 5) is 21.0. The Balaban J connectivity index is 2.04. The summed E-state index contributed by atoms with van der Waals surface area (Å²) in [6.45, 7) is 4.20. The number of carbonyl (C=O) groups excluding carboxylic acids is 1. The maximum atomic E-state index is 12.0. The van der Waals surface area contributed by atoms with Crippen LogP contribution in [0.2, 0.25) is 0 Å². The minimum atomic E-state index is -0.323. The summed E-state index contributed by atoms with van der Waals surface area (Å²) >= 11 is 0. The standard InChI is InChI=1S/C17H18N2O2/c1-3-21-17(20)14-10-18-16(19-15(14)12-8-9-12)13-7-5-4-6-11(13)2/h4-7,10,12H,3,8-9H2,1-2H3. The number of carbonyl (C=O) groups is 1. The van der Waals surface area contributed by atoms with E-state index in [1.807, 2.05) is 31.2 Å². The molecule has 0 radical (unpaired) electrons. The first kappa shape index (κ1) is 13.7. The van der Waals surface area contributed by atoms with E-state index in [9.17, 15) is 4.79 Å². The van der Waals surface area contributed by atoms with E-state index >= 15 is 0 Å². The molecule has 1 aromatic heterocycles. The molecular weight excluding hydrogens is 264 g/mol. The van der Waals surface area contributed by atoms with Gasteiger partial charge >= 0.3 is 5.97 Å². The minimum Gasteiger partial charge on any atom is -0.462 e. The highest BCUT2D eigenvalue weighted by atomic mass is 16.5. The highest BCUT2D eigenvalue weighted by Gasteiger charge is 2.31. The van der Waals surface area contributed by atoms with Crippen molar-refractivity contribution in [1.82, 2.24) is 9.97 Å². The van der Waals surface area contributed by atoms with E-state index < -0.39 is 0 Å². The van der Waals surface area contributed by atoms with Crippen LogP contribution in [-0.4, -0.2) is 22.5 Å². The molecule has 0 spiro atoms. The first-order chi connectivity index (χ1) is 10.2. The Labute approximate surface area is 124 Å². The Hall–Kier alpha value is -2.23. The molecule has 1 aromatic carbocycles. The monoisotopic (exact) mass is 282 g/mol. The molecule has 0 bridgehead atoms. The fourth-order valence-electron chi connectivity index (χ4n) is 2.38. The van der Waals surface area contributed by atoms with Crippen molar-refractivity contribution < 1.29 is 9.53 Å². The van der Waals surface area contributed by atoms with Crippen molar-refractivity contribution in [2.75, 3.05) is 6.61 Å². The molecule has 1 fully saturated rings. The van der Waals surface area contributed by atoms with Crippen molar-refractivity contribution in [2.24, 2.45) is 0 Å². The molecular formula is C17H18N2O2. The minimum absolute atomic E-state index is 0.323. The van der Waals surface area contributed by atoms with Crippen LogP contribution in [-0.2, 0) is 4.74 Å². The van der Waals surface area contributed by atoms with Crippen LogP contribution in [0.5, 0.6) is 0 Å². The summed E-state index contributed by atoms with van der Waals surface area (Å²) in [6, 6.07) is 8.01. The predicted octanol–water partition coefficient (Wildman–Crippen LogP) is 3.51. The quantitative estimate of drug-likeness (QED) is 0.805. The summed E-state index contributed by atoms with van der Waals surface area (Å²) in [5.74, 6) is 0.731. The van der Waals surface area contributed by atoms with Gasteiger partial charge in [0.1, 0.15) is 0 Å². The van der Waals surface area contributed by atoms with Gasteiger partial charge in [-0.15, -0.1) is 0 Å². The van der Waals surface area contributed by atoms with Crippen LogP contribution in [0, 0.1) is 6.92 Å². The van der Waals surface area contributed by atoms with E-state index in [-0.39, 0.29) is 5.97 Å². The van der Waals surface area contributed by atoms with Gasteiger partial charge in [0, 0.05) is 17.7 Å². The SMILES string of the molecule is CCOC(=O)c1cnc(-c2ccccc2C)nc1C1CC1. The van der Waals surface area contributed by atoms with Crippen molar-refractivity contribution in [3.8, 4) is 11.4 Å². The van der Waals surface area contributed by atoms with E-state index in [1.165, 1.54) is 0 Å². The molecule has 1 heterocycles. The Morgan fingerprint density at radius 2 is 2.10 bits per heavy atom. The molecule has 2 aromatic rings. The number of esters is 1. The second-order valence-corrected chi connectivity index (χ2v) is 5.30. The molecule has 0 unspecified atom stereocenters. The van der Waals surface area contributed by atoms with Crippen LogP contribution < -0.4 is 0 Å². The molecule has 1 aliphatic carbocycles. The molecule has 108 valence electrons. The van der Waals surface area contributed by atoms with Gasteiger partial charge in [-0.1, -0.05) is 24.3 Å². The highest BCUT2D eigenvalue weighted by Crippen LogP contribution is 2.41. The van der Waals surface area contributed by atoms with Crippen molar-refractivity contribution in [1.29, 1.82) is 0 Å². The first-order valence-electron chi connectivity index (χ1n) is 7.30. The van der Waals surface area contributed by atoms with Crippen LogP contribution >= 0.6 is 0 Å². The normalized spacial score (nSPS) is 14.0. The number of rotatable bonds is 4. The van der Waals surface area contributed by atoms with Crippen molar-refractivity contribution >= 4 is 5.97 Å². The van der Waals surface area contributed by atoms with E-state index in [4.69, 9.17) is 4.74 Å². The zero-order valence-corrected chi connectivity index (χ0v) is 12.3. The molecule has 1 saturated carbocycles. The Morgan fingerprint density at radius 3 is 2.76 bits per heavy atom. The predicted molar refractivity (Wildman–Crippen MR) is 80.1 cm³/mol. The van der Waals surface area contributed by atoms with Gasteiger partial charge < -0.3 is 4.74 Å². The molecule has 4 heteroatoms. The average molecular weight is 282 g/mol. The molecule has 4 nitrogen and oxygen atoms in total. The number of benzene rings is 1. The summed E-state index contributed by atoms with van der Waals surface area (Å²) in [7, 11) is 0. The van der Waals surface area contributed by atoms with Crippen LogP contribution in [0.15, 0.2) is 30.5 Å². The first-order valence-corrected chi connectivity index (χ1v) is 7.30. The smallest absolute Gasteiger partial charge is 0.341 e. The van der Waals surface area contributed by atoms with Gasteiger partial charge in [-0.3, -0.25) is 0 Å². The maximum absolute atomic E-state index is 12.0. The van der Waals surface area contributed by atoms with Gasteiger partial charge in [-0.2, -0.15) is 0 Å². The van der Waals surface area contributed by atoms with Gasteiger partial charge in [0.15, 0.2) is 5.82 Å². The molecule has 0 N–H and O–H groups in total. The molecule has 1 aliphatic rings. The fourth-order valence-corrected chi connectivity index (χ4v) is 2.38. The average Bonchev–Trinajstić information content (AvgIpc) is 3.32. The Kier molecular flexibility index (Phi) is 3.69. The van der Waals surface area contributed by atoms with Gasteiger partial charge in [0.25, 0.3) is 0 Å². The van der Waals surface area contributed by atoms with Gasteiger partial charge in [-0.05, 0) is 32.3 Å². The second kappa shape index (κ2) is 5.64. The Morgan fingerprint density at radius 1 is 1.33 bits per heavy atom. The second-order valence-electron chi connectivity index (χ2n) is 5.30. The maximum Gasteiger partial charge on any atom is 0.341 e. The summed E-state index contributed by atoms with van der Waals surface area (Å²) in [5, 5.41) is 0. The van der Waals surface area contributed by atoms with Gasteiger partial charge in [0.05, 0.1) is 17.9 Å². The van der Waals surface area contributed by atoms with E-state index in [1.54, 1.807) is 13.1 Å². The number of aryl methyl sites for hydroxylation is 1. The lowest BCUT2D eigenvalue weighted by Crippen LogP contribution is -2.11. The number of aromatic nitrogens is 2. The van der Waals surface area contributed by atoms with E-state index in [0.717, 1.165) is 29.7 Å². The Bertz CT molecular complexity index is 678. The van der Waals surface area contributed by atoms with Crippen LogP contribution in [0.1, 0.15) is 47.3 Å². The van der Waals surface area contributed by atoms with Crippen molar-refractivity contribution in [2.45, 2.75) is 32.6 Å². The van der Waals surface area contributed by atoms with Gasteiger partial charge in [0.2, 0.25) is 0 Å². The summed E-state index contributed by atoms with van der Waals surface area (Å²) in [6.07, 6.45) is 3.77.